The monoisotopic (exact) mass is 297 g/mol. The van der Waals surface area contributed by atoms with Crippen molar-refractivity contribution in [3.63, 3.8) is 0 Å². The summed E-state index contributed by atoms with van der Waals surface area (Å²) >= 11 is 0. The summed E-state index contributed by atoms with van der Waals surface area (Å²) < 4.78 is 39.4. The Kier molecular flexibility index (Phi) is 3.61. The third kappa shape index (κ3) is 2.88. The summed E-state index contributed by atoms with van der Waals surface area (Å²) in [5.41, 5.74) is -0.620. The molecule has 0 amide bonds. The van der Waals surface area contributed by atoms with E-state index in [0.717, 1.165) is 18.2 Å². The lowest BCUT2D eigenvalue weighted by atomic mass is 10.2. The number of nitrogens with one attached hydrogen (secondary N) is 1. The van der Waals surface area contributed by atoms with Gasteiger partial charge in [0.15, 0.2) is 0 Å². The number of carboxylic acid groups (broad SMARTS) is 1. The average Bonchev–Trinajstić information content (AvgIpc) is 2.39. The molecule has 0 saturated heterocycles. The second kappa shape index (κ2) is 5.21. The fourth-order valence-corrected chi connectivity index (χ4v) is 2.46. The van der Waals surface area contributed by atoms with E-state index < -0.39 is 27.4 Å². The molecule has 1 heterocycles. The van der Waals surface area contributed by atoms with Gasteiger partial charge in [0.1, 0.15) is 12.1 Å². The van der Waals surface area contributed by atoms with E-state index in [4.69, 9.17) is 5.11 Å². The van der Waals surface area contributed by atoms with Crippen molar-refractivity contribution in [3.8, 4) is 0 Å². The van der Waals surface area contributed by atoms with Gasteiger partial charge in [-0.2, -0.15) is 0 Å². The summed E-state index contributed by atoms with van der Waals surface area (Å²) in [5, 5.41) is 8.77. The van der Waals surface area contributed by atoms with Crippen molar-refractivity contribution in [3.05, 3.63) is 48.3 Å². The lowest BCUT2D eigenvalue weighted by molar-refractivity contribution is 0.0691. The average molecular weight is 297 g/mol. The van der Waals surface area contributed by atoms with E-state index in [1.54, 1.807) is 0 Å². The number of aromatic carboxylic acids is 1. The molecule has 0 radical (unpaired) electrons. The first kappa shape index (κ1) is 13.9. The highest BCUT2D eigenvalue weighted by Gasteiger charge is 2.19. The molecule has 7 nitrogen and oxygen atoms in total. The first-order chi connectivity index (χ1) is 9.40. The van der Waals surface area contributed by atoms with Crippen molar-refractivity contribution in [1.29, 1.82) is 0 Å². The van der Waals surface area contributed by atoms with Crippen LogP contribution in [0, 0.1) is 5.82 Å². The number of sulfonamides is 1. The molecule has 0 bridgehead atoms. The van der Waals surface area contributed by atoms with Gasteiger partial charge in [-0.05, 0) is 18.2 Å². The minimum absolute atomic E-state index is 0.105. The van der Waals surface area contributed by atoms with E-state index >= 15 is 0 Å². The summed E-state index contributed by atoms with van der Waals surface area (Å²) in [6, 6.07) is 2.48. The second-order valence-corrected chi connectivity index (χ2v) is 5.36. The molecule has 1 aromatic carbocycles. The quantitative estimate of drug-likeness (QED) is 0.875. The van der Waals surface area contributed by atoms with Crippen LogP contribution in [0.4, 0.5) is 10.1 Å². The molecule has 2 N–H and O–H groups in total. The number of aromatic nitrogens is 2. The Morgan fingerprint density at radius 1 is 1.25 bits per heavy atom. The van der Waals surface area contributed by atoms with Gasteiger partial charge in [-0.25, -0.2) is 27.6 Å². The fraction of sp³-hybridized carbons (Fsp3) is 0. The van der Waals surface area contributed by atoms with Gasteiger partial charge in [0, 0.05) is 0 Å². The van der Waals surface area contributed by atoms with Gasteiger partial charge in [0.05, 0.1) is 28.5 Å². The summed E-state index contributed by atoms with van der Waals surface area (Å²) in [5.74, 6) is -2.57. The SMILES string of the molecule is O=C(O)c1cc(S(=O)(=O)Nc2cncnc2)ccc1F. The fourth-order valence-electron chi connectivity index (χ4n) is 1.40. The van der Waals surface area contributed by atoms with E-state index in [1.807, 2.05) is 0 Å². The number of benzene rings is 1. The van der Waals surface area contributed by atoms with E-state index in [1.165, 1.54) is 18.7 Å². The van der Waals surface area contributed by atoms with E-state index in [0.29, 0.717) is 0 Å². The first-order valence-electron chi connectivity index (χ1n) is 5.21. The maximum absolute atomic E-state index is 13.2. The van der Waals surface area contributed by atoms with Gasteiger partial charge in [-0.3, -0.25) is 4.72 Å². The molecular weight excluding hydrogens is 289 g/mol. The van der Waals surface area contributed by atoms with Gasteiger partial charge in [-0.1, -0.05) is 0 Å². The Morgan fingerprint density at radius 3 is 2.50 bits per heavy atom. The van der Waals surface area contributed by atoms with Crippen LogP contribution in [0.1, 0.15) is 10.4 Å². The van der Waals surface area contributed by atoms with Crippen molar-refractivity contribution in [2.75, 3.05) is 4.72 Å². The number of carbonyl (C=O) groups is 1. The third-order valence-corrected chi connectivity index (χ3v) is 3.67. The topological polar surface area (TPSA) is 109 Å². The minimum atomic E-state index is -4.05. The van der Waals surface area contributed by atoms with Crippen LogP contribution in [0.5, 0.6) is 0 Å². The van der Waals surface area contributed by atoms with Gasteiger partial charge >= 0.3 is 5.97 Å². The Bertz CT molecular complexity index is 750. The van der Waals surface area contributed by atoms with Crippen molar-refractivity contribution in [1.82, 2.24) is 9.97 Å². The highest BCUT2D eigenvalue weighted by Crippen LogP contribution is 2.18. The second-order valence-electron chi connectivity index (χ2n) is 3.68. The highest BCUT2D eigenvalue weighted by molar-refractivity contribution is 7.92. The maximum Gasteiger partial charge on any atom is 0.338 e. The predicted molar refractivity (Wildman–Crippen MR) is 66.2 cm³/mol. The van der Waals surface area contributed by atoms with E-state index in [2.05, 4.69) is 14.7 Å². The van der Waals surface area contributed by atoms with Gasteiger partial charge in [0.25, 0.3) is 10.0 Å². The molecule has 0 aliphatic carbocycles. The number of rotatable bonds is 4. The van der Waals surface area contributed by atoms with E-state index in [-0.39, 0.29) is 10.6 Å². The molecule has 0 saturated carbocycles. The molecule has 0 unspecified atom stereocenters. The van der Waals surface area contributed by atoms with Crippen molar-refractivity contribution in [2.45, 2.75) is 4.90 Å². The van der Waals surface area contributed by atoms with Crippen LogP contribution in [0.3, 0.4) is 0 Å². The molecule has 2 rings (SSSR count). The molecule has 0 atom stereocenters. The number of anilines is 1. The molecule has 104 valence electrons. The van der Waals surface area contributed by atoms with Gasteiger partial charge in [0.2, 0.25) is 0 Å². The first-order valence-corrected chi connectivity index (χ1v) is 6.69. The lowest BCUT2D eigenvalue weighted by Gasteiger charge is -2.08. The van der Waals surface area contributed by atoms with Crippen molar-refractivity contribution in [2.24, 2.45) is 0 Å². The zero-order valence-electron chi connectivity index (χ0n) is 9.82. The summed E-state index contributed by atoms with van der Waals surface area (Å²) in [4.78, 5) is 17.7. The number of hydrogen-bond acceptors (Lipinski definition) is 5. The molecule has 20 heavy (non-hydrogen) atoms. The number of nitrogens with zero attached hydrogens (tertiary/aromatic N) is 2. The molecule has 0 spiro atoms. The predicted octanol–water partition coefficient (Wildman–Crippen LogP) is 1.11. The van der Waals surface area contributed by atoms with Crippen LogP contribution < -0.4 is 4.72 Å². The molecule has 0 aliphatic heterocycles. The third-order valence-electron chi connectivity index (χ3n) is 2.29. The zero-order valence-corrected chi connectivity index (χ0v) is 10.6. The summed E-state index contributed by atoms with van der Waals surface area (Å²) in [6.07, 6.45) is 3.68. The molecule has 1 aromatic heterocycles. The standard InChI is InChI=1S/C11H8FN3O4S/c12-10-2-1-8(3-9(10)11(16)17)20(18,19)15-7-4-13-6-14-5-7/h1-6,15H,(H,16,17). The highest BCUT2D eigenvalue weighted by atomic mass is 32.2. The molecule has 2 aromatic rings. The van der Waals surface area contributed by atoms with Crippen LogP contribution in [-0.2, 0) is 10.0 Å². The van der Waals surface area contributed by atoms with Gasteiger partial charge in [-0.15, -0.1) is 0 Å². The Hall–Kier alpha value is -2.55. The van der Waals surface area contributed by atoms with Crippen LogP contribution in [-0.4, -0.2) is 29.5 Å². The van der Waals surface area contributed by atoms with Crippen LogP contribution in [0.15, 0.2) is 41.8 Å². The number of halogens is 1. The Balaban J connectivity index is 2.40. The van der Waals surface area contributed by atoms with Crippen LogP contribution >= 0.6 is 0 Å². The molecular formula is C11H8FN3O4S. The number of hydrogen-bond donors (Lipinski definition) is 2. The Labute approximate surface area is 113 Å². The van der Waals surface area contributed by atoms with Crippen LogP contribution in [0.2, 0.25) is 0 Å². The normalized spacial score (nSPS) is 11.1. The molecule has 9 heteroatoms. The van der Waals surface area contributed by atoms with Crippen molar-refractivity contribution < 1.29 is 22.7 Å². The summed E-state index contributed by atoms with van der Waals surface area (Å²) in [6.45, 7) is 0. The zero-order chi connectivity index (χ0) is 14.8. The molecule has 0 aliphatic rings. The lowest BCUT2D eigenvalue weighted by Crippen LogP contribution is -2.14. The van der Waals surface area contributed by atoms with Gasteiger partial charge < -0.3 is 5.11 Å². The maximum atomic E-state index is 13.2. The minimum Gasteiger partial charge on any atom is -0.478 e. The Morgan fingerprint density at radius 2 is 1.90 bits per heavy atom. The largest absolute Gasteiger partial charge is 0.478 e. The number of carboxylic acids is 1. The van der Waals surface area contributed by atoms with Crippen LogP contribution in [0.25, 0.3) is 0 Å². The van der Waals surface area contributed by atoms with E-state index in [9.17, 15) is 17.6 Å². The summed E-state index contributed by atoms with van der Waals surface area (Å²) in [7, 11) is -4.05. The molecule has 0 fully saturated rings. The van der Waals surface area contributed by atoms with Crippen molar-refractivity contribution >= 4 is 21.7 Å². The smallest absolute Gasteiger partial charge is 0.338 e.